The number of phenols is 1. The molecule has 2 aromatic rings. The minimum Gasteiger partial charge on any atom is -0.508 e. The van der Waals surface area contributed by atoms with E-state index in [0.717, 1.165) is 17.0 Å². The van der Waals surface area contributed by atoms with Crippen LogP contribution < -0.4 is 10.1 Å². The van der Waals surface area contributed by atoms with E-state index >= 15 is 0 Å². The van der Waals surface area contributed by atoms with Gasteiger partial charge >= 0.3 is 0 Å². The number of terminal acetylenes is 1. The van der Waals surface area contributed by atoms with Crippen LogP contribution in [0.5, 0.6) is 11.5 Å². The van der Waals surface area contributed by atoms with Gasteiger partial charge < -0.3 is 15.2 Å². The van der Waals surface area contributed by atoms with Crippen molar-refractivity contribution in [1.29, 1.82) is 0 Å². The molecule has 0 amide bonds. The van der Waals surface area contributed by atoms with Gasteiger partial charge in [-0.25, -0.2) is 0 Å². The number of nitrogens with one attached hydrogen (secondary N) is 1. The van der Waals surface area contributed by atoms with Gasteiger partial charge in [-0.15, -0.1) is 6.42 Å². The molecule has 0 heterocycles. The van der Waals surface area contributed by atoms with Gasteiger partial charge in [-0.05, 0) is 30.3 Å². The number of rotatable bonds is 5. The van der Waals surface area contributed by atoms with Crippen LogP contribution in [0.2, 0.25) is 0 Å². The lowest BCUT2D eigenvalue weighted by Gasteiger charge is -2.11. The summed E-state index contributed by atoms with van der Waals surface area (Å²) in [5.41, 5.74) is 1.97. The standard InChI is InChI=1S/C16H15NO2/c1-2-11-19-16-6-4-3-5-13(16)12-17-14-7-9-15(18)10-8-14/h1,3-10,17-18H,11-12H2. The maximum absolute atomic E-state index is 9.22. The highest BCUT2D eigenvalue weighted by Gasteiger charge is 2.02. The van der Waals surface area contributed by atoms with Crippen molar-refractivity contribution in [2.24, 2.45) is 0 Å². The highest BCUT2D eigenvalue weighted by molar-refractivity contribution is 5.47. The molecular weight excluding hydrogens is 238 g/mol. The minimum atomic E-state index is 0.253. The van der Waals surface area contributed by atoms with Crippen LogP contribution in [0, 0.1) is 12.3 Å². The third-order valence-electron chi connectivity index (χ3n) is 2.63. The lowest BCUT2D eigenvalue weighted by atomic mass is 10.2. The van der Waals surface area contributed by atoms with Crippen molar-refractivity contribution in [3.05, 3.63) is 54.1 Å². The first-order chi connectivity index (χ1) is 9.29. The Morgan fingerprint density at radius 1 is 1.11 bits per heavy atom. The molecule has 0 saturated carbocycles. The second kappa shape index (κ2) is 6.36. The Morgan fingerprint density at radius 3 is 2.58 bits per heavy atom. The molecule has 0 aliphatic rings. The molecule has 3 heteroatoms. The van der Waals surface area contributed by atoms with E-state index in [0.29, 0.717) is 6.54 Å². The summed E-state index contributed by atoms with van der Waals surface area (Å²) < 4.78 is 5.48. The Labute approximate surface area is 112 Å². The first kappa shape index (κ1) is 12.8. The van der Waals surface area contributed by atoms with Gasteiger partial charge in [-0.3, -0.25) is 0 Å². The maximum Gasteiger partial charge on any atom is 0.148 e. The quantitative estimate of drug-likeness (QED) is 0.635. The number of aromatic hydroxyl groups is 1. The second-order valence-corrected chi connectivity index (χ2v) is 4.00. The molecule has 0 saturated heterocycles. The number of hydrogen-bond donors (Lipinski definition) is 2. The average Bonchev–Trinajstić information content (AvgIpc) is 2.45. The highest BCUT2D eigenvalue weighted by atomic mass is 16.5. The molecule has 0 spiro atoms. The summed E-state index contributed by atoms with van der Waals surface area (Å²) in [6.07, 6.45) is 5.19. The number of hydrogen-bond acceptors (Lipinski definition) is 3. The topological polar surface area (TPSA) is 41.5 Å². The molecule has 0 bridgehead atoms. The molecule has 96 valence electrons. The van der Waals surface area contributed by atoms with Crippen LogP contribution in [0.4, 0.5) is 5.69 Å². The molecular formula is C16H15NO2. The Balaban J connectivity index is 2.03. The van der Waals surface area contributed by atoms with Gasteiger partial charge in [0, 0.05) is 17.8 Å². The van der Waals surface area contributed by atoms with Crippen LogP contribution in [0.3, 0.4) is 0 Å². The largest absolute Gasteiger partial charge is 0.508 e. The van der Waals surface area contributed by atoms with E-state index < -0.39 is 0 Å². The normalized spacial score (nSPS) is 9.63. The smallest absolute Gasteiger partial charge is 0.148 e. The predicted octanol–water partition coefficient (Wildman–Crippen LogP) is 3.02. The molecule has 2 aromatic carbocycles. The summed E-state index contributed by atoms with van der Waals surface area (Å²) in [5.74, 6) is 3.49. The van der Waals surface area contributed by atoms with Gasteiger partial charge in [0.25, 0.3) is 0 Å². The fourth-order valence-electron chi connectivity index (χ4n) is 1.69. The van der Waals surface area contributed by atoms with E-state index in [1.54, 1.807) is 12.1 Å². The van der Waals surface area contributed by atoms with Crippen molar-refractivity contribution in [1.82, 2.24) is 0 Å². The lowest BCUT2D eigenvalue weighted by Crippen LogP contribution is -2.03. The molecule has 0 unspecified atom stereocenters. The molecule has 19 heavy (non-hydrogen) atoms. The van der Waals surface area contributed by atoms with Gasteiger partial charge in [0.2, 0.25) is 0 Å². The molecule has 0 aromatic heterocycles. The average molecular weight is 253 g/mol. The van der Waals surface area contributed by atoms with E-state index in [9.17, 15) is 5.11 Å². The van der Waals surface area contributed by atoms with Crippen LogP contribution in [0.15, 0.2) is 48.5 Å². The first-order valence-corrected chi connectivity index (χ1v) is 5.96. The van der Waals surface area contributed by atoms with E-state index in [1.165, 1.54) is 0 Å². The van der Waals surface area contributed by atoms with Crippen molar-refractivity contribution in [2.75, 3.05) is 11.9 Å². The third kappa shape index (κ3) is 3.68. The van der Waals surface area contributed by atoms with Crippen LogP contribution in [0.25, 0.3) is 0 Å². The van der Waals surface area contributed by atoms with Crippen molar-refractivity contribution in [3.8, 4) is 23.8 Å². The Hall–Kier alpha value is -2.60. The van der Waals surface area contributed by atoms with E-state index in [-0.39, 0.29) is 12.4 Å². The Morgan fingerprint density at radius 2 is 1.84 bits per heavy atom. The predicted molar refractivity (Wildman–Crippen MR) is 76.2 cm³/mol. The fourth-order valence-corrected chi connectivity index (χ4v) is 1.69. The molecule has 0 radical (unpaired) electrons. The molecule has 0 atom stereocenters. The molecule has 3 nitrogen and oxygen atoms in total. The number of anilines is 1. The Kier molecular flexibility index (Phi) is 4.30. The monoisotopic (exact) mass is 253 g/mol. The second-order valence-electron chi connectivity index (χ2n) is 4.00. The van der Waals surface area contributed by atoms with E-state index in [2.05, 4.69) is 11.2 Å². The fraction of sp³-hybridized carbons (Fsp3) is 0.125. The van der Waals surface area contributed by atoms with Gasteiger partial charge in [-0.1, -0.05) is 24.1 Å². The number of benzene rings is 2. The summed E-state index contributed by atoms with van der Waals surface area (Å²) in [4.78, 5) is 0. The zero-order valence-electron chi connectivity index (χ0n) is 10.5. The minimum absolute atomic E-state index is 0.253. The van der Waals surface area contributed by atoms with E-state index in [1.807, 2.05) is 36.4 Å². The summed E-state index contributed by atoms with van der Waals surface area (Å²) in [6, 6.07) is 14.7. The zero-order valence-corrected chi connectivity index (χ0v) is 10.5. The van der Waals surface area contributed by atoms with Crippen molar-refractivity contribution < 1.29 is 9.84 Å². The molecule has 0 aliphatic heterocycles. The van der Waals surface area contributed by atoms with E-state index in [4.69, 9.17) is 11.2 Å². The van der Waals surface area contributed by atoms with Crippen LogP contribution in [-0.2, 0) is 6.54 Å². The molecule has 2 N–H and O–H groups in total. The summed E-state index contributed by atoms with van der Waals surface area (Å²) in [5, 5.41) is 12.5. The summed E-state index contributed by atoms with van der Waals surface area (Å²) in [7, 11) is 0. The van der Waals surface area contributed by atoms with Gasteiger partial charge in [0.05, 0.1) is 0 Å². The Bertz CT molecular complexity index is 570. The summed E-state index contributed by atoms with van der Waals surface area (Å²) in [6.45, 7) is 0.891. The zero-order chi connectivity index (χ0) is 13.5. The van der Waals surface area contributed by atoms with Crippen molar-refractivity contribution >= 4 is 5.69 Å². The summed E-state index contributed by atoms with van der Waals surface area (Å²) >= 11 is 0. The van der Waals surface area contributed by atoms with Crippen molar-refractivity contribution in [3.63, 3.8) is 0 Å². The molecule has 0 aliphatic carbocycles. The van der Waals surface area contributed by atoms with Gasteiger partial charge in [-0.2, -0.15) is 0 Å². The lowest BCUT2D eigenvalue weighted by molar-refractivity contribution is 0.366. The molecule has 0 fully saturated rings. The maximum atomic E-state index is 9.22. The molecule has 2 rings (SSSR count). The number of ether oxygens (including phenoxy) is 1. The van der Waals surface area contributed by atoms with Crippen LogP contribution >= 0.6 is 0 Å². The number of phenolic OH excluding ortho intramolecular Hbond substituents is 1. The third-order valence-corrected chi connectivity index (χ3v) is 2.63. The first-order valence-electron chi connectivity index (χ1n) is 5.96. The number of para-hydroxylation sites is 1. The highest BCUT2D eigenvalue weighted by Crippen LogP contribution is 2.20. The van der Waals surface area contributed by atoms with Crippen LogP contribution in [0.1, 0.15) is 5.56 Å². The van der Waals surface area contributed by atoms with Gasteiger partial charge in [0.1, 0.15) is 18.1 Å². The van der Waals surface area contributed by atoms with Gasteiger partial charge in [0.15, 0.2) is 0 Å². The van der Waals surface area contributed by atoms with Crippen LogP contribution in [-0.4, -0.2) is 11.7 Å². The SMILES string of the molecule is C#CCOc1ccccc1CNc1ccc(O)cc1. The van der Waals surface area contributed by atoms with Crippen molar-refractivity contribution in [2.45, 2.75) is 6.54 Å².